The Labute approximate surface area is 187 Å². The van der Waals surface area contributed by atoms with E-state index in [2.05, 4.69) is 31.2 Å². The van der Waals surface area contributed by atoms with Crippen LogP contribution in [0.4, 0.5) is 0 Å². The average molecular weight is 423 g/mol. The third kappa shape index (κ3) is 24.9. The van der Waals surface area contributed by atoms with Crippen molar-refractivity contribution in [2.75, 3.05) is 0 Å². The van der Waals surface area contributed by atoms with Crippen molar-refractivity contribution in [3.8, 4) is 0 Å². The van der Waals surface area contributed by atoms with Crippen LogP contribution in [0.3, 0.4) is 0 Å². The second-order valence-corrected chi connectivity index (χ2v) is 8.74. The number of carboxylic acid groups (broad SMARTS) is 1. The van der Waals surface area contributed by atoms with Gasteiger partial charge in [-0.2, -0.15) is 0 Å². The van der Waals surface area contributed by atoms with Gasteiger partial charge in [0.15, 0.2) is 0 Å². The molecule has 0 fully saturated rings. The van der Waals surface area contributed by atoms with Gasteiger partial charge in [-0.15, -0.1) is 0 Å². The molecule has 0 spiro atoms. The number of aliphatic carboxylic acids is 1. The third-order valence-corrected chi connectivity index (χ3v) is 5.67. The van der Waals surface area contributed by atoms with Gasteiger partial charge in [0.2, 0.25) is 0 Å². The normalized spacial score (nSPS) is 12.9. The summed E-state index contributed by atoms with van der Waals surface area (Å²) in [6, 6.07) is 0. The van der Waals surface area contributed by atoms with Crippen LogP contribution in [0.5, 0.6) is 0 Å². The van der Waals surface area contributed by atoms with Gasteiger partial charge in [-0.1, -0.05) is 115 Å². The first-order valence-corrected chi connectivity index (χ1v) is 12.9. The van der Waals surface area contributed by atoms with Gasteiger partial charge < -0.3 is 10.2 Å². The van der Waals surface area contributed by atoms with Crippen molar-refractivity contribution >= 4 is 5.97 Å². The summed E-state index contributed by atoms with van der Waals surface area (Å²) in [4.78, 5) is 10.4. The Kier molecular flexibility index (Phi) is 23.3. The molecule has 0 saturated heterocycles. The maximum Gasteiger partial charge on any atom is 0.303 e. The summed E-state index contributed by atoms with van der Waals surface area (Å²) in [5.74, 6) is -0.671. The first-order valence-electron chi connectivity index (χ1n) is 12.9. The summed E-state index contributed by atoms with van der Waals surface area (Å²) in [7, 11) is 0. The number of allylic oxidation sites excluding steroid dienone is 3. The molecular formula is C27H50O3. The average Bonchev–Trinajstić information content (AvgIpc) is 2.72. The maximum absolute atomic E-state index is 10.4. The van der Waals surface area contributed by atoms with E-state index in [0.717, 1.165) is 38.5 Å². The standard InChI is InChI=1S/C27H50O3/c1-2-3-4-5-6-7-11-14-17-20-23-26(28)24-21-18-15-12-9-8-10-13-16-19-22-25-27(29)30/h7,11,17,20,26,28H,2-6,8-10,12-16,18-19,21-25H2,1H3,(H,29,30). The Morgan fingerprint density at radius 1 is 0.700 bits per heavy atom. The summed E-state index contributed by atoms with van der Waals surface area (Å²) in [6.45, 7) is 2.25. The number of aliphatic hydroxyl groups is 1. The van der Waals surface area contributed by atoms with Gasteiger partial charge in [-0.3, -0.25) is 4.79 Å². The summed E-state index contributed by atoms with van der Waals surface area (Å²) in [5, 5.41) is 18.6. The molecular weight excluding hydrogens is 372 g/mol. The molecule has 0 aromatic carbocycles. The third-order valence-electron chi connectivity index (χ3n) is 5.67. The van der Waals surface area contributed by atoms with E-state index < -0.39 is 5.97 Å². The highest BCUT2D eigenvalue weighted by atomic mass is 16.4. The van der Waals surface area contributed by atoms with Crippen LogP contribution in [0.2, 0.25) is 0 Å². The van der Waals surface area contributed by atoms with Gasteiger partial charge in [0.05, 0.1) is 6.10 Å². The molecule has 3 heteroatoms. The molecule has 0 aliphatic rings. The first-order chi connectivity index (χ1) is 14.7. The van der Waals surface area contributed by atoms with Crippen molar-refractivity contribution in [3.05, 3.63) is 24.3 Å². The molecule has 0 saturated carbocycles. The number of carboxylic acids is 1. The van der Waals surface area contributed by atoms with E-state index in [0.29, 0.717) is 6.42 Å². The largest absolute Gasteiger partial charge is 0.481 e. The molecule has 0 amide bonds. The van der Waals surface area contributed by atoms with Crippen molar-refractivity contribution in [3.63, 3.8) is 0 Å². The van der Waals surface area contributed by atoms with E-state index in [1.54, 1.807) is 0 Å². The van der Waals surface area contributed by atoms with E-state index in [4.69, 9.17) is 5.11 Å². The minimum Gasteiger partial charge on any atom is -0.481 e. The molecule has 0 bridgehead atoms. The fourth-order valence-corrected chi connectivity index (χ4v) is 3.70. The molecule has 0 rings (SSSR count). The van der Waals surface area contributed by atoms with Crippen LogP contribution in [-0.2, 0) is 4.79 Å². The van der Waals surface area contributed by atoms with Gasteiger partial charge >= 0.3 is 5.97 Å². The molecule has 0 aromatic rings. The van der Waals surface area contributed by atoms with E-state index >= 15 is 0 Å². The van der Waals surface area contributed by atoms with E-state index in [1.165, 1.54) is 83.5 Å². The van der Waals surface area contributed by atoms with Gasteiger partial charge in [-0.05, 0) is 38.5 Å². The molecule has 0 radical (unpaired) electrons. The molecule has 2 N–H and O–H groups in total. The molecule has 0 heterocycles. The van der Waals surface area contributed by atoms with E-state index in [1.807, 2.05) is 0 Å². The fraction of sp³-hybridized carbons (Fsp3) is 0.815. The quantitative estimate of drug-likeness (QED) is 0.128. The smallest absolute Gasteiger partial charge is 0.303 e. The van der Waals surface area contributed by atoms with Crippen molar-refractivity contribution in [2.24, 2.45) is 0 Å². The zero-order valence-corrected chi connectivity index (χ0v) is 19.8. The van der Waals surface area contributed by atoms with E-state index in [9.17, 15) is 9.90 Å². The molecule has 30 heavy (non-hydrogen) atoms. The van der Waals surface area contributed by atoms with Crippen molar-refractivity contribution in [1.29, 1.82) is 0 Å². The molecule has 0 aliphatic carbocycles. The van der Waals surface area contributed by atoms with Crippen LogP contribution in [0.1, 0.15) is 135 Å². The Hall–Kier alpha value is -1.09. The second-order valence-electron chi connectivity index (χ2n) is 8.74. The topological polar surface area (TPSA) is 57.5 Å². The van der Waals surface area contributed by atoms with Crippen LogP contribution < -0.4 is 0 Å². The Balaban J connectivity index is 3.29. The zero-order chi connectivity index (χ0) is 22.1. The van der Waals surface area contributed by atoms with Crippen LogP contribution >= 0.6 is 0 Å². The van der Waals surface area contributed by atoms with Crippen molar-refractivity contribution < 1.29 is 15.0 Å². The van der Waals surface area contributed by atoms with Gasteiger partial charge in [0, 0.05) is 6.42 Å². The number of carbonyl (C=O) groups is 1. The SMILES string of the molecule is CCCCCCC=CCC=CCC(O)CCCCCCCCCCCCCC(=O)O. The van der Waals surface area contributed by atoms with E-state index in [-0.39, 0.29) is 6.10 Å². The fourth-order valence-electron chi connectivity index (χ4n) is 3.70. The predicted octanol–water partition coefficient (Wildman–Crippen LogP) is 8.37. The van der Waals surface area contributed by atoms with Crippen LogP contribution in [-0.4, -0.2) is 22.3 Å². The van der Waals surface area contributed by atoms with Crippen molar-refractivity contribution in [1.82, 2.24) is 0 Å². The second kappa shape index (κ2) is 24.2. The Bertz CT molecular complexity index is 414. The van der Waals surface area contributed by atoms with Crippen LogP contribution in [0.25, 0.3) is 0 Å². The molecule has 3 nitrogen and oxygen atoms in total. The summed E-state index contributed by atoms with van der Waals surface area (Å²) >= 11 is 0. The van der Waals surface area contributed by atoms with Crippen molar-refractivity contribution in [2.45, 2.75) is 141 Å². The predicted molar refractivity (Wildman–Crippen MR) is 130 cm³/mol. The molecule has 176 valence electrons. The monoisotopic (exact) mass is 422 g/mol. The highest BCUT2D eigenvalue weighted by Gasteiger charge is 2.01. The number of aliphatic hydroxyl groups excluding tert-OH is 1. The first kappa shape index (κ1) is 28.9. The number of rotatable bonds is 23. The van der Waals surface area contributed by atoms with Gasteiger partial charge in [-0.25, -0.2) is 0 Å². The lowest BCUT2D eigenvalue weighted by Crippen LogP contribution is -2.04. The number of hydrogen-bond donors (Lipinski definition) is 2. The number of hydrogen-bond acceptors (Lipinski definition) is 2. The minimum atomic E-state index is -0.671. The lowest BCUT2D eigenvalue weighted by molar-refractivity contribution is -0.137. The summed E-state index contributed by atoms with van der Waals surface area (Å²) in [5.41, 5.74) is 0. The lowest BCUT2D eigenvalue weighted by Gasteiger charge is -2.07. The Morgan fingerprint density at radius 2 is 1.23 bits per heavy atom. The summed E-state index contributed by atoms with van der Waals surface area (Å²) < 4.78 is 0. The maximum atomic E-state index is 10.4. The lowest BCUT2D eigenvalue weighted by atomic mass is 10.0. The molecule has 0 aromatic heterocycles. The molecule has 1 atom stereocenters. The Morgan fingerprint density at radius 3 is 1.83 bits per heavy atom. The number of unbranched alkanes of at least 4 members (excludes halogenated alkanes) is 14. The highest BCUT2D eigenvalue weighted by molar-refractivity contribution is 5.66. The van der Waals surface area contributed by atoms with Gasteiger partial charge in [0.1, 0.15) is 0 Å². The zero-order valence-electron chi connectivity index (χ0n) is 19.8. The van der Waals surface area contributed by atoms with Crippen LogP contribution in [0, 0.1) is 0 Å². The summed E-state index contributed by atoms with van der Waals surface area (Å²) in [6.07, 6.45) is 31.4. The molecule has 0 aliphatic heterocycles. The highest BCUT2D eigenvalue weighted by Crippen LogP contribution is 2.14. The van der Waals surface area contributed by atoms with Gasteiger partial charge in [0.25, 0.3) is 0 Å². The van der Waals surface area contributed by atoms with Crippen LogP contribution in [0.15, 0.2) is 24.3 Å². The molecule has 1 unspecified atom stereocenters. The minimum absolute atomic E-state index is 0.180.